The fourth-order valence-corrected chi connectivity index (χ4v) is 5.26. The third kappa shape index (κ3) is 3.81. The summed E-state index contributed by atoms with van der Waals surface area (Å²) < 4.78 is 5.22. The minimum Gasteiger partial charge on any atom is -0.455 e. The smallest absolute Gasteiger partial charge is 0.321 e. The molecule has 25 heavy (non-hydrogen) atoms. The van der Waals surface area contributed by atoms with Crippen LogP contribution in [0.15, 0.2) is 0 Å². The quantitative estimate of drug-likeness (QED) is 0.650. The maximum atomic E-state index is 12.6. The Morgan fingerprint density at radius 3 is 2.40 bits per heavy atom. The van der Waals surface area contributed by atoms with Crippen LogP contribution in [0.2, 0.25) is 0 Å². The third-order valence-electron chi connectivity index (χ3n) is 6.04. The topological polar surface area (TPSA) is 105 Å². The second kappa shape index (κ2) is 6.59. The molecule has 0 heterocycles. The van der Waals surface area contributed by atoms with Gasteiger partial charge in [-0.05, 0) is 63.7 Å². The van der Waals surface area contributed by atoms with Gasteiger partial charge in [0.25, 0.3) is 5.91 Å². The van der Waals surface area contributed by atoms with E-state index in [-0.39, 0.29) is 6.04 Å². The maximum Gasteiger partial charge on any atom is 0.321 e. The van der Waals surface area contributed by atoms with Gasteiger partial charge in [-0.1, -0.05) is 6.92 Å². The van der Waals surface area contributed by atoms with Gasteiger partial charge in [0.05, 0.1) is 11.0 Å². The van der Waals surface area contributed by atoms with Crippen LogP contribution in [-0.2, 0) is 14.3 Å². The molecule has 0 spiro atoms. The minimum atomic E-state index is -0.748. The standard InChI is InChI=1S/C18H28N2O5/c1-3-11(2)19-16(23)20-14(21)9-25-15(22)17-5-12-4-13(6-17)8-18(24,7-12)10-17/h11-13,24H,3-10H2,1-2H3,(H2,19,20,21,23)/t11-,12-,13+,17?,18?/m1/s1. The van der Waals surface area contributed by atoms with Gasteiger partial charge in [-0.2, -0.15) is 0 Å². The molecule has 0 saturated heterocycles. The Morgan fingerprint density at radius 2 is 1.84 bits per heavy atom. The molecule has 5 atom stereocenters. The van der Waals surface area contributed by atoms with Crippen LogP contribution in [0.5, 0.6) is 0 Å². The Kier molecular flexibility index (Phi) is 4.79. The summed E-state index contributed by atoms with van der Waals surface area (Å²) in [6.07, 6.45) is 5.28. The molecule has 4 bridgehead atoms. The van der Waals surface area contributed by atoms with Crippen molar-refractivity contribution in [3.05, 3.63) is 0 Å². The summed E-state index contributed by atoms with van der Waals surface area (Å²) in [7, 11) is 0. The highest BCUT2D eigenvalue weighted by molar-refractivity contribution is 5.95. The van der Waals surface area contributed by atoms with Crippen molar-refractivity contribution in [2.24, 2.45) is 17.3 Å². The van der Waals surface area contributed by atoms with Gasteiger partial charge in [0.2, 0.25) is 0 Å². The number of esters is 1. The molecule has 4 aliphatic carbocycles. The summed E-state index contributed by atoms with van der Waals surface area (Å²) >= 11 is 0. The molecular weight excluding hydrogens is 324 g/mol. The summed E-state index contributed by atoms with van der Waals surface area (Å²) in [5.74, 6) is -0.307. The number of rotatable bonds is 5. The fourth-order valence-electron chi connectivity index (χ4n) is 5.26. The maximum absolute atomic E-state index is 12.6. The predicted molar refractivity (Wildman–Crippen MR) is 89.5 cm³/mol. The summed E-state index contributed by atoms with van der Waals surface area (Å²) in [6, 6.07) is -0.623. The molecule has 7 nitrogen and oxygen atoms in total. The Balaban J connectivity index is 1.51. The van der Waals surface area contributed by atoms with E-state index in [1.54, 1.807) is 0 Å². The molecule has 3 amide bonds. The van der Waals surface area contributed by atoms with Crippen LogP contribution in [0.1, 0.15) is 58.8 Å². The highest BCUT2D eigenvalue weighted by atomic mass is 16.5. The molecule has 4 saturated carbocycles. The average molecular weight is 352 g/mol. The van der Waals surface area contributed by atoms with Crippen LogP contribution in [0.3, 0.4) is 0 Å². The largest absolute Gasteiger partial charge is 0.455 e. The molecule has 140 valence electrons. The van der Waals surface area contributed by atoms with Crippen molar-refractivity contribution >= 4 is 17.9 Å². The van der Waals surface area contributed by atoms with E-state index in [1.807, 2.05) is 13.8 Å². The van der Waals surface area contributed by atoms with Gasteiger partial charge < -0.3 is 15.2 Å². The number of carbonyl (C=O) groups excluding carboxylic acids is 3. The van der Waals surface area contributed by atoms with Gasteiger partial charge in [0, 0.05) is 6.04 Å². The number of imide groups is 1. The zero-order valence-electron chi connectivity index (χ0n) is 15.0. The van der Waals surface area contributed by atoms with Crippen LogP contribution in [0, 0.1) is 17.3 Å². The molecule has 0 aromatic carbocycles. The molecule has 0 aliphatic heterocycles. The summed E-state index contributed by atoms with van der Waals surface area (Å²) in [4.78, 5) is 36.1. The molecular formula is C18H28N2O5. The lowest BCUT2D eigenvalue weighted by Gasteiger charge is -2.58. The van der Waals surface area contributed by atoms with Crippen LogP contribution in [0.25, 0.3) is 0 Å². The van der Waals surface area contributed by atoms with Crippen LogP contribution < -0.4 is 10.6 Å². The van der Waals surface area contributed by atoms with Gasteiger partial charge in [-0.3, -0.25) is 14.9 Å². The van der Waals surface area contributed by atoms with E-state index in [1.165, 1.54) is 0 Å². The minimum absolute atomic E-state index is 0.0388. The number of ether oxygens (including phenoxy) is 1. The van der Waals surface area contributed by atoms with Crippen molar-refractivity contribution in [3.63, 3.8) is 0 Å². The molecule has 2 unspecified atom stereocenters. The van der Waals surface area contributed by atoms with E-state index in [2.05, 4.69) is 10.6 Å². The Hall–Kier alpha value is -1.63. The van der Waals surface area contributed by atoms with E-state index < -0.39 is 35.5 Å². The lowest BCUT2D eigenvalue weighted by Crippen LogP contribution is -2.58. The van der Waals surface area contributed by atoms with Crippen LogP contribution in [0.4, 0.5) is 4.79 Å². The highest BCUT2D eigenvalue weighted by Gasteiger charge is 2.60. The van der Waals surface area contributed by atoms with Gasteiger partial charge in [0.15, 0.2) is 6.61 Å². The first-order valence-electron chi connectivity index (χ1n) is 9.23. The zero-order valence-corrected chi connectivity index (χ0v) is 15.0. The monoisotopic (exact) mass is 352 g/mol. The molecule has 0 radical (unpaired) electrons. The number of hydrogen-bond donors (Lipinski definition) is 3. The van der Waals surface area contributed by atoms with Crippen molar-refractivity contribution in [2.75, 3.05) is 6.61 Å². The first kappa shape index (κ1) is 18.2. The van der Waals surface area contributed by atoms with Crippen molar-refractivity contribution < 1.29 is 24.2 Å². The van der Waals surface area contributed by atoms with Gasteiger partial charge >= 0.3 is 12.0 Å². The zero-order chi connectivity index (χ0) is 18.2. The first-order chi connectivity index (χ1) is 11.7. The van der Waals surface area contributed by atoms with Gasteiger partial charge in [0.1, 0.15) is 0 Å². The number of nitrogens with one attached hydrogen (secondary N) is 2. The van der Waals surface area contributed by atoms with Crippen molar-refractivity contribution in [2.45, 2.75) is 70.4 Å². The van der Waals surface area contributed by atoms with Crippen molar-refractivity contribution in [3.8, 4) is 0 Å². The SMILES string of the molecule is CC[C@@H](C)NC(=O)NC(=O)COC(=O)C12C[C@@H]3C[C@@H](CC(O)(C3)C1)C2. The molecule has 4 fully saturated rings. The Bertz CT molecular complexity index is 562. The predicted octanol–water partition coefficient (Wildman–Crippen LogP) is 1.49. The summed E-state index contributed by atoms with van der Waals surface area (Å²) in [5, 5.41) is 15.5. The normalized spacial score (nSPS) is 36.6. The van der Waals surface area contributed by atoms with Crippen molar-refractivity contribution in [1.82, 2.24) is 10.6 Å². The van der Waals surface area contributed by atoms with E-state index >= 15 is 0 Å². The van der Waals surface area contributed by atoms with E-state index in [9.17, 15) is 19.5 Å². The molecule has 0 aromatic heterocycles. The number of aliphatic hydroxyl groups is 1. The number of hydrogen-bond acceptors (Lipinski definition) is 5. The third-order valence-corrected chi connectivity index (χ3v) is 6.04. The van der Waals surface area contributed by atoms with Crippen LogP contribution >= 0.6 is 0 Å². The lowest BCUT2D eigenvalue weighted by atomic mass is 9.48. The first-order valence-corrected chi connectivity index (χ1v) is 9.23. The van der Waals surface area contributed by atoms with E-state index in [0.717, 1.165) is 38.5 Å². The summed E-state index contributed by atoms with van der Waals surface area (Å²) in [5.41, 5.74) is -1.40. The molecule has 4 aliphatic rings. The van der Waals surface area contributed by atoms with E-state index in [4.69, 9.17) is 4.74 Å². The van der Waals surface area contributed by atoms with Crippen LogP contribution in [-0.4, -0.2) is 41.3 Å². The number of carbonyl (C=O) groups is 3. The second-order valence-corrected chi connectivity index (χ2v) is 8.37. The van der Waals surface area contributed by atoms with Gasteiger partial charge in [-0.15, -0.1) is 0 Å². The van der Waals surface area contributed by atoms with Crippen molar-refractivity contribution in [1.29, 1.82) is 0 Å². The lowest BCUT2D eigenvalue weighted by molar-refractivity contribution is -0.196. The molecule has 7 heteroatoms. The molecule has 0 aromatic rings. The fraction of sp³-hybridized carbons (Fsp3) is 0.833. The van der Waals surface area contributed by atoms with E-state index in [0.29, 0.717) is 18.3 Å². The Morgan fingerprint density at radius 1 is 1.20 bits per heavy atom. The molecule has 4 rings (SSSR count). The second-order valence-electron chi connectivity index (χ2n) is 8.37. The number of amides is 3. The number of urea groups is 1. The molecule has 3 N–H and O–H groups in total. The average Bonchev–Trinajstić information content (AvgIpc) is 2.49. The van der Waals surface area contributed by atoms with Gasteiger partial charge in [-0.25, -0.2) is 4.79 Å². The summed E-state index contributed by atoms with van der Waals surface area (Å²) in [6.45, 7) is 3.29. The Labute approximate surface area is 147 Å². The highest BCUT2D eigenvalue weighted by Crippen LogP contribution is 2.61.